The van der Waals surface area contributed by atoms with Crippen LogP contribution >= 0.6 is 0 Å². The van der Waals surface area contributed by atoms with E-state index in [4.69, 9.17) is 5.73 Å². The Morgan fingerprint density at radius 1 is 0.833 bits per heavy atom. The molecule has 0 aliphatic carbocycles. The molecule has 0 saturated heterocycles. The molecule has 0 atom stereocenters. The number of rotatable bonds is 5. The Morgan fingerprint density at radius 2 is 1.44 bits per heavy atom. The maximum atomic E-state index is 9.34. The number of nitrogens with one attached hydrogen (secondary N) is 1. The van der Waals surface area contributed by atoms with Crippen LogP contribution < -0.4 is 11.1 Å². The molecule has 5 heteroatoms. The fraction of sp³-hybridized carbons (Fsp3) is 0.258. The maximum Gasteiger partial charge on any atom is 0.227 e. The van der Waals surface area contributed by atoms with Crippen molar-refractivity contribution in [3.8, 4) is 17.3 Å². The first-order valence-corrected chi connectivity index (χ1v) is 12.3. The van der Waals surface area contributed by atoms with E-state index in [-0.39, 0.29) is 0 Å². The molecule has 0 amide bonds. The van der Waals surface area contributed by atoms with Crippen molar-refractivity contribution in [2.45, 2.75) is 53.4 Å². The molecular formula is C31H35N5. The third-order valence-electron chi connectivity index (χ3n) is 6.08. The number of benzene rings is 3. The lowest BCUT2D eigenvalue weighted by Gasteiger charge is -2.13. The molecule has 3 N–H and O–H groups in total. The molecule has 0 unspecified atom stereocenters. The number of nitriles is 1. The summed E-state index contributed by atoms with van der Waals surface area (Å²) in [7, 11) is 0. The molecule has 0 aliphatic heterocycles. The van der Waals surface area contributed by atoms with E-state index in [0.29, 0.717) is 29.0 Å². The minimum Gasteiger partial charge on any atom is -0.399 e. The second kappa shape index (κ2) is 12.0. The molecule has 36 heavy (non-hydrogen) atoms. The quantitative estimate of drug-likeness (QED) is 0.285. The maximum absolute atomic E-state index is 9.34. The number of aromatic nitrogens is 2. The minimum absolute atomic E-state index is 0.462. The number of nitrogens with zero attached hydrogens (tertiary/aromatic N) is 3. The van der Waals surface area contributed by atoms with Crippen LogP contribution in [0.5, 0.6) is 0 Å². The van der Waals surface area contributed by atoms with Gasteiger partial charge in [-0.1, -0.05) is 82.3 Å². The van der Waals surface area contributed by atoms with Crippen LogP contribution in [0.25, 0.3) is 11.3 Å². The van der Waals surface area contributed by atoms with Gasteiger partial charge in [-0.3, -0.25) is 0 Å². The summed E-state index contributed by atoms with van der Waals surface area (Å²) < 4.78 is 0. The van der Waals surface area contributed by atoms with Crippen molar-refractivity contribution in [1.82, 2.24) is 9.97 Å². The van der Waals surface area contributed by atoms with Crippen LogP contribution in [0.4, 0.5) is 17.3 Å². The fourth-order valence-corrected chi connectivity index (χ4v) is 3.70. The first kappa shape index (κ1) is 26.4. The van der Waals surface area contributed by atoms with E-state index < -0.39 is 0 Å². The van der Waals surface area contributed by atoms with E-state index in [2.05, 4.69) is 86.3 Å². The summed E-state index contributed by atoms with van der Waals surface area (Å²) >= 11 is 0. The van der Waals surface area contributed by atoms with Crippen LogP contribution in [0, 0.1) is 25.2 Å². The van der Waals surface area contributed by atoms with E-state index in [1.807, 2.05) is 43.3 Å². The molecule has 0 fully saturated rings. The molecule has 1 heterocycles. The molecule has 1 aromatic heterocycles. The monoisotopic (exact) mass is 477 g/mol. The Morgan fingerprint density at radius 3 is 2.00 bits per heavy atom. The number of nitrogen functional groups attached to an aromatic ring is 1. The molecule has 0 radical (unpaired) electrons. The van der Waals surface area contributed by atoms with Crippen molar-refractivity contribution in [2.24, 2.45) is 0 Å². The Hall–Kier alpha value is -4.17. The first-order chi connectivity index (χ1) is 17.2. The predicted octanol–water partition coefficient (Wildman–Crippen LogP) is 7.89. The lowest BCUT2D eigenvalue weighted by molar-refractivity contribution is 0.865. The van der Waals surface area contributed by atoms with E-state index in [1.165, 1.54) is 16.7 Å². The number of nitrogens with two attached hydrogens (primary N) is 1. The van der Waals surface area contributed by atoms with Gasteiger partial charge in [-0.2, -0.15) is 5.26 Å². The van der Waals surface area contributed by atoms with Gasteiger partial charge in [0, 0.05) is 16.9 Å². The minimum atomic E-state index is 0.462. The van der Waals surface area contributed by atoms with E-state index in [9.17, 15) is 5.26 Å². The second-order valence-corrected chi connectivity index (χ2v) is 9.56. The van der Waals surface area contributed by atoms with Crippen LogP contribution in [0.2, 0.25) is 0 Å². The van der Waals surface area contributed by atoms with E-state index >= 15 is 0 Å². The zero-order valence-electron chi connectivity index (χ0n) is 22.0. The smallest absolute Gasteiger partial charge is 0.227 e. The zero-order chi connectivity index (χ0) is 26.2. The lowest BCUT2D eigenvalue weighted by atomic mass is 10.0. The van der Waals surface area contributed by atoms with Gasteiger partial charge >= 0.3 is 0 Å². The Bertz CT molecular complexity index is 1350. The van der Waals surface area contributed by atoms with Gasteiger partial charge in [0.25, 0.3) is 0 Å². The third kappa shape index (κ3) is 6.70. The summed E-state index contributed by atoms with van der Waals surface area (Å²) in [6, 6.07) is 24.4. The van der Waals surface area contributed by atoms with Crippen LogP contribution in [0.15, 0.2) is 72.9 Å². The van der Waals surface area contributed by atoms with E-state index in [0.717, 1.165) is 22.5 Å². The number of hydrogen-bond donors (Lipinski definition) is 2. The topological polar surface area (TPSA) is 87.6 Å². The third-order valence-corrected chi connectivity index (χ3v) is 6.08. The van der Waals surface area contributed by atoms with Crippen molar-refractivity contribution in [3.05, 3.63) is 101 Å². The highest BCUT2D eigenvalue weighted by atomic mass is 15.1. The normalized spacial score (nSPS) is 10.5. The number of hydrogen-bond acceptors (Lipinski definition) is 5. The molecule has 184 valence electrons. The van der Waals surface area contributed by atoms with E-state index in [1.54, 1.807) is 6.20 Å². The van der Waals surface area contributed by atoms with Gasteiger partial charge in [-0.05, 0) is 60.1 Å². The highest BCUT2D eigenvalue weighted by molar-refractivity contribution is 5.68. The van der Waals surface area contributed by atoms with Gasteiger partial charge in [0.1, 0.15) is 6.07 Å². The summed E-state index contributed by atoms with van der Waals surface area (Å²) in [5, 5.41) is 12.6. The van der Waals surface area contributed by atoms with Crippen molar-refractivity contribution < 1.29 is 0 Å². The van der Waals surface area contributed by atoms with Crippen molar-refractivity contribution in [1.29, 1.82) is 5.26 Å². The van der Waals surface area contributed by atoms with Crippen LogP contribution in [0.1, 0.15) is 67.3 Å². The standard InChI is InChI=1S/C21H20N4.C10H15N/c1-14(2)17-9-10-19(15(3)11-17)24-21-23-13-18(12-22)20(25-21)16-7-5-4-6-8-16;1-7(2)9-4-5-10(11)8(3)6-9/h4-11,13-14H,1-3H3,(H,23,24,25);4-7H,11H2,1-3H3. The Kier molecular flexibility index (Phi) is 8.81. The summed E-state index contributed by atoms with van der Waals surface area (Å²) in [6.07, 6.45) is 1.56. The molecule has 5 nitrogen and oxygen atoms in total. The molecule has 0 bridgehead atoms. The summed E-state index contributed by atoms with van der Waals surface area (Å²) in [4.78, 5) is 8.85. The molecule has 4 rings (SSSR count). The van der Waals surface area contributed by atoms with Gasteiger partial charge < -0.3 is 11.1 Å². The second-order valence-electron chi connectivity index (χ2n) is 9.56. The average molecular weight is 478 g/mol. The first-order valence-electron chi connectivity index (χ1n) is 12.3. The molecule has 0 aliphatic rings. The number of anilines is 3. The van der Waals surface area contributed by atoms with Crippen LogP contribution in [0.3, 0.4) is 0 Å². The molecule has 0 spiro atoms. The Labute approximate surface area is 215 Å². The molecule has 3 aromatic carbocycles. The van der Waals surface area contributed by atoms with Gasteiger partial charge in [0.15, 0.2) is 0 Å². The van der Waals surface area contributed by atoms with Gasteiger partial charge in [-0.25, -0.2) is 9.97 Å². The average Bonchev–Trinajstić information content (AvgIpc) is 2.87. The number of aryl methyl sites for hydroxylation is 2. The predicted molar refractivity (Wildman–Crippen MR) is 150 cm³/mol. The van der Waals surface area contributed by atoms with Crippen molar-refractivity contribution in [3.63, 3.8) is 0 Å². The van der Waals surface area contributed by atoms with Gasteiger partial charge in [0.2, 0.25) is 5.95 Å². The van der Waals surface area contributed by atoms with Gasteiger partial charge in [-0.15, -0.1) is 0 Å². The molecule has 0 saturated carbocycles. The Balaban J connectivity index is 0.000000275. The van der Waals surface area contributed by atoms with Crippen LogP contribution in [-0.4, -0.2) is 9.97 Å². The summed E-state index contributed by atoms with van der Waals surface area (Å²) in [6.45, 7) is 12.8. The molecular weight excluding hydrogens is 442 g/mol. The SMILES string of the molecule is Cc1cc(C(C)C)ccc1N.Cc1cc(C(C)C)ccc1Nc1ncc(C#N)c(-c2ccccc2)n1. The zero-order valence-corrected chi connectivity index (χ0v) is 22.0. The fourth-order valence-electron chi connectivity index (χ4n) is 3.70. The summed E-state index contributed by atoms with van der Waals surface area (Å²) in [5.41, 5.74) is 14.5. The summed E-state index contributed by atoms with van der Waals surface area (Å²) in [5.74, 6) is 1.57. The highest BCUT2D eigenvalue weighted by Crippen LogP contribution is 2.26. The van der Waals surface area contributed by atoms with Gasteiger partial charge in [0.05, 0.1) is 17.5 Å². The lowest BCUT2D eigenvalue weighted by Crippen LogP contribution is -2.02. The van der Waals surface area contributed by atoms with Crippen LogP contribution in [-0.2, 0) is 0 Å². The van der Waals surface area contributed by atoms with Crippen molar-refractivity contribution >= 4 is 17.3 Å². The van der Waals surface area contributed by atoms with Crippen molar-refractivity contribution in [2.75, 3.05) is 11.1 Å². The molecule has 4 aromatic rings. The largest absolute Gasteiger partial charge is 0.399 e. The highest BCUT2D eigenvalue weighted by Gasteiger charge is 2.11.